The summed E-state index contributed by atoms with van der Waals surface area (Å²) >= 11 is 0. The number of ether oxygens (including phenoxy) is 2. The van der Waals surface area contributed by atoms with E-state index in [1.54, 1.807) is 25.4 Å². The van der Waals surface area contributed by atoms with Crippen LogP contribution in [0.3, 0.4) is 0 Å². The minimum absolute atomic E-state index is 0.00670. The first kappa shape index (κ1) is 28.4. The first-order valence-corrected chi connectivity index (χ1v) is 15.0. The van der Waals surface area contributed by atoms with Gasteiger partial charge >= 0.3 is 5.97 Å². The summed E-state index contributed by atoms with van der Waals surface area (Å²) in [6.45, 7) is 5.11. The van der Waals surface area contributed by atoms with Crippen LogP contribution >= 0.6 is 0 Å². The van der Waals surface area contributed by atoms with E-state index in [4.69, 9.17) is 19.4 Å². The van der Waals surface area contributed by atoms with Crippen LogP contribution in [0.4, 0.5) is 4.39 Å². The molecule has 2 saturated heterocycles. The maximum Gasteiger partial charge on any atom is 0.354 e. The zero-order chi connectivity index (χ0) is 30.4. The Balaban J connectivity index is 1.03. The number of nitrogens with zero attached hydrogens (tertiary/aromatic N) is 7. The summed E-state index contributed by atoms with van der Waals surface area (Å²) < 4.78 is 30.3. The Hall–Kier alpha value is -4.42. The molecule has 5 aromatic rings. The van der Waals surface area contributed by atoms with Gasteiger partial charge in [-0.25, -0.2) is 24.1 Å². The molecule has 0 bridgehead atoms. The average molecular weight is 600 g/mol. The van der Waals surface area contributed by atoms with Crippen LogP contribution in [0.2, 0.25) is 0 Å². The Morgan fingerprint density at radius 1 is 1.14 bits per heavy atom. The van der Waals surface area contributed by atoms with Gasteiger partial charge in [0, 0.05) is 48.3 Å². The summed E-state index contributed by atoms with van der Waals surface area (Å²) in [6, 6.07) is 12.9. The SMILES string of the molecule is CC1CC(c2cccc(OCc3ccc4cnn(C)c4c3F)n2)CCN1Cc1nc2ccc(C(=O)O)nc2n1C[C@@H]1CCO1. The number of hydrogen-bond donors (Lipinski definition) is 1. The van der Waals surface area contributed by atoms with Crippen molar-refractivity contribution in [2.24, 2.45) is 7.05 Å². The fourth-order valence-electron chi connectivity index (χ4n) is 6.28. The van der Waals surface area contributed by atoms with Gasteiger partial charge in [-0.1, -0.05) is 18.2 Å². The van der Waals surface area contributed by atoms with Crippen molar-refractivity contribution in [3.05, 3.63) is 77.3 Å². The van der Waals surface area contributed by atoms with Crippen LogP contribution in [0.5, 0.6) is 5.88 Å². The van der Waals surface area contributed by atoms with E-state index in [1.165, 1.54) is 10.7 Å². The number of imidazole rings is 1. The highest BCUT2D eigenvalue weighted by atomic mass is 19.1. The number of carbonyl (C=O) groups is 1. The minimum Gasteiger partial charge on any atom is -0.477 e. The molecule has 2 unspecified atom stereocenters. The lowest BCUT2D eigenvalue weighted by molar-refractivity contribution is -0.0593. The molecule has 11 nitrogen and oxygen atoms in total. The Labute approximate surface area is 253 Å². The molecular weight excluding hydrogens is 565 g/mol. The van der Waals surface area contributed by atoms with E-state index in [0.717, 1.165) is 49.3 Å². The molecule has 12 heteroatoms. The quantitative estimate of drug-likeness (QED) is 0.257. The highest BCUT2D eigenvalue weighted by Crippen LogP contribution is 2.33. The summed E-state index contributed by atoms with van der Waals surface area (Å²) in [4.78, 5) is 28.1. The van der Waals surface area contributed by atoms with Crippen LogP contribution in [0.15, 0.2) is 48.7 Å². The highest BCUT2D eigenvalue weighted by Gasteiger charge is 2.30. The van der Waals surface area contributed by atoms with Gasteiger partial charge in [0.05, 0.1) is 25.4 Å². The van der Waals surface area contributed by atoms with E-state index in [1.807, 2.05) is 28.8 Å². The minimum atomic E-state index is -1.06. The van der Waals surface area contributed by atoms with Crippen molar-refractivity contribution in [2.45, 2.75) is 63.9 Å². The van der Waals surface area contributed by atoms with Crippen molar-refractivity contribution in [1.82, 2.24) is 34.2 Å². The Morgan fingerprint density at radius 3 is 2.77 bits per heavy atom. The summed E-state index contributed by atoms with van der Waals surface area (Å²) in [7, 11) is 1.72. The second-order valence-corrected chi connectivity index (χ2v) is 11.7. The first-order valence-electron chi connectivity index (χ1n) is 15.0. The lowest BCUT2D eigenvalue weighted by Gasteiger charge is -2.37. The number of halogens is 1. The van der Waals surface area contributed by atoms with Crippen molar-refractivity contribution in [1.29, 1.82) is 0 Å². The summed E-state index contributed by atoms with van der Waals surface area (Å²) in [6.07, 6.45) is 4.52. The van der Waals surface area contributed by atoms with Gasteiger partial charge in [-0.15, -0.1) is 0 Å². The molecule has 1 N–H and O–H groups in total. The van der Waals surface area contributed by atoms with E-state index < -0.39 is 5.97 Å². The molecule has 0 saturated carbocycles. The zero-order valence-electron chi connectivity index (χ0n) is 24.7. The fourth-order valence-corrected chi connectivity index (χ4v) is 6.28. The maximum absolute atomic E-state index is 15.1. The van der Waals surface area contributed by atoms with E-state index in [9.17, 15) is 9.90 Å². The molecule has 2 aliphatic rings. The highest BCUT2D eigenvalue weighted by molar-refractivity contribution is 5.88. The summed E-state index contributed by atoms with van der Waals surface area (Å²) in [5.41, 5.74) is 3.16. The lowest BCUT2D eigenvalue weighted by Crippen LogP contribution is -2.40. The molecule has 228 valence electrons. The molecule has 0 amide bonds. The number of pyridine rings is 2. The van der Waals surface area contributed by atoms with Crippen LogP contribution in [-0.4, -0.2) is 70.6 Å². The molecule has 2 aliphatic heterocycles. The molecule has 0 radical (unpaired) electrons. The van der Waals surface area contributed by atoms with Crippen molar-refractivity contribution in [3.63, 3.8) is 0 Å². The van der Waals surface area contributed by atoms with E-state index in [2.05, 4.69) is 21.9 Å². The van der Waals surface area contributed by atoms with Crippen molar-refractivity contribution in [2.75, 3.05) is 13.2 Å². The molecule has 3 atom stereocenters. The lowest BCUT2D eigenvalue weighted by atomic mass is 9.88. The molecule has 4 aromatic heterocycles. The van der Waals surface area contributed by atoms with Crippen LogP contribution in [0.25, 0.3) is 22.1 Å². The number of carboxylic acid groups (broad SMARTS) is 1. The molecule has 44 heavy (non-hydrogen) atoms. The summed E-state index contributed by atoms with van der Waals surface area (Å²) in [5.74, 6) is 0.211. The van der Waals surface area contributed by atoms with E-state index in [0.29, 0.717) is 41.2 Å². The number of hydrogen-bond acceptors (Lipinski definition) is 8. The molecule has 7 rings (SSSR count). The number of likely N-dealkylation sites (tertiary alicyclic amines) is 1. The van der Waals surface area contributed by atoms with Crippen LogP contribution in [-0.2, 0) is 31.5 Å². The molecule has 1 aromatic carbocycles. The van der Waals surface area contributed by atoms with Gasteiger partial charge in [0.2, 0.25) is 5.88 Å². The van der Waals surface area contributed by atoms with Gasteiger partial charge in [0.1, 0.15) is 23.5 Å². The van der Waals surface area contributed by atoms with Gasteiger partial charge < -0.3 is 19.1 Å². The smallest absolute Gasteiger partial charge is 0.354 e. The van der Waals surface area contributed by atoms with Crippen LogP contribution < -0.4 is 4.74 Å². The third kappa shape index (κ3) is 5.39. The number of aromatic carboxylic acids is 1. The molecule has 2 fully saturated rings. The number of rotatable bonds is 9. The Morgan fingerprint density at radius 2 is 2.00 bits per heavy atom. The molecule has 0 spiro atoms. The fraction of sp³-hybridized carbons (Fsp3) is 0.406. The number of fused-ring (bicyclic) bond motifs is 2. The molecular formula is C32H34FN7O4. The van der Waals surface area contributed by atoms with Crippen LogP contribution in [0.1, 0.15) is 59.7 Å². The van der Waals surface area contributed by atoms with Gasteiger partial charge in [-0.2, -0.15) is 5.10 Å². The molecule has 6 heterocycles. The van der Waals surface area contributed by atoms with Gasteiger partial charge in [0.25, 0.3) is 0 Å². The van der Waals surface area contributed by atoms with Crippen molar-refractivity contribution in [3.8, 4) is 5.88 Å². The number of aromatic nitrogens is 6. The predicted molar refractivity (Wildman–Crippen MR) is 160 cm³/mol. The second-order valence-electron chi connectivity index (χ2n) is 11.7. The third-order valence-corrected chi connectivity index (χ3v) is 8.89. The topological polar surface area (TPSA) is 120 Å². The van der Waals surface area contributed by atoms with Crippen molar-refractivity contribution < 1.29 is 23.8 Å². The van der Waals surface area contributed by atoms with E-state index >= 15 is 4.39 Å². The van der Waals surface area contributed by atoms with Crippen LogP contribution in [0, 0.1) is 5.82 Å². The standard InChI is InChI=1S/C32H34FN7O4/c1-19-14-20(24-4-3-5-28(36-24)44-18-22-7-6-21-15-34-38(2)30(21)29(22)33)10-12-39(19)17-27-35-25-8-9-26(32(41)42)37-31(25)40(27)16-23-11-13-43-23/h3-9,15,19-20,23H,10-14,16-18H2,1-2H3,(H,41,42)/t19?,20?,23-/m0/s1. The normalized spacial score (nSPS) is 20.7. The predicted octanol–water partition coefficient (Wildman–Crippen LogP) is 4.69. The number of carboxylic acids is 1. The van der Waals surface area contributed by atoms with Crippen molar-refractivity contribution >= 4 is 28.0 Å². The zero-order valence-corrected chi connectivity index (χ0v) is 24.7. The number of benzene rings is 1. The maximum atomic E-state index is 15.1. The largest absolute Gasteiger partial charge is 0.477 e. The number of aryl methyl sites for hydroxylation is 1. The molecule has 0 aliphatic carbocycles. The second kappa shape index (κ2) is 11.6. The third-order valence-electron chi connectivity index (χ3n) is 8.89. The van der Waals surface area contributed by atoms with Gasteiger partial charge in [-0.3, -0.25) is 9.58 Å². The monoisotopic (exact) mass is 599 g/mol. The average Bonchev–Trinajstić information content (AvgIpc) is 3.55. The summed E-state index contributed by atoms with van der Waals surface area (Å²) in [5, 5.41) is 14.4. The Bertz CT molecular complexity index is 1850. The van der Waals surface area contributed by atoms with E-state index in [-0.39, 0.29) is 36.2 Å². The van der Waals surface area contributed by atoms with Gasteiger partial charge in [-0.05, 0) is 50.9 Å². The first-order chi connectivity index (χ1) is 21.3. The number of piperidine rings is 1. The Kier molecular flexibility index (Phi) is 7.47. The van der Waals surface area contributed by atoms with Gasteiger partial charge in [0.15, 0.2) is 17.2 Å².